The smallest absolute Gasteiger partial charge is 0.259 e. The number of rotatable bonds is 3. The number of carbonyl (C=O) groups excluding carboxylic acids is 1. The number of aryl methyl sites for hydroxylation is 1. The van der Waals surface area contributed by atoms with Gasteiger partial charge < -0.3 is 9.42 Å². The Hall–Kier alpha value is -2.14. The van der Waals surface area contributed by atoms with Crippen LogP contribution in [0.2, 0.25) is 0 Å². The predicted octanol–water partition coefficient (Wildman–Crippen LogP) is 3.38. The average molecular weight is 365 g/mol. The first-order valence-corrected chi connectivity index (χ1v) is 10.2. The number of hydrogen-bond acceptors (Lipinski definition) is 4. The zero-order chi connectivity index (χ0) is 18.4. The Morgan fingerprint density at radius 2 is 2.04 bits per heavy atom. The van der Waals surface area contributed by atoms with E-state index in [-0.39, 0.29) is 11.3 Å². The van der Waals surface area contributed by atoms with Crippen molar-refractivity contribution >= 4 is 5.91 Å². The van der Waals surface area contributed by atoms with Crippen LogP contribution in [0.25, 0.3) is 0 Å². The third kappa shape index (κ3) is 3.08. The first kappa shape index (κ1) is 17.0. The van der Waals surface area contributed by atoms with E-state index in [1.54, 1.807) is 13.1 Å². The molecule has 1 saturated heterocycles. The zero-order valence-electron chi connectivity index (χ0n) is 16.0. The SMILES string of the molecule is Cc1oncc1C(=O)N1CCC2(CC1)CN(CC1CC1)Cc1ccccc12. The van der Waals surface area contributed by atoms with Crippen molar-refractivity contribution in [2.24, 2.45) is 5.92 Å². The second-order valence-corrected chi connectivity index (χ2v) is 8.64. The number of fused-ring (bicyclic) bond motifs is 2. The molecule has 2 fully saturated rings. The van der Waals surface area contributed by atoms with Gasteiger partial charge in [-0.25, -0.2) is 0 Å². The summed E-state index contributed by atoms with van der Waals surface area (Å²) in [5, 5.41) is 3.76. The summed E-state index contributed by atoms with van der Waals surface area (Å²) < 4.78 is 5.09. The number of benzene rings is 1. The highest BCUT2D eigenvalue weighted by atomic mass is 16.5. The number of piperidine rings is 1. The Bertz CT molecular complexity index is 847. The van der Waals surface area contributed by atoms with Crippen LogP contribution in [0, 0.1) is 12.8 Å². The number of nitrogens with zero attached hydrogens (tertiary/aromatic N) is 3. The molecule has 1 amide bonds. The fourth-order valence-electron chi connectivity index (χ4n) is 5.02. The third-order valence-electron chi connectivity index (χ3n) is 6.71. The molecule has 5 nitrogen and oxygen atoms in total. The van der Waals surface area contributed by atoms with Crippen molar-refractivity contribution in [2.45, 2.75) is 44.6 Å². The molecule has 0 unspecified atom stereocenters. The van der Waals surface area contributed by atoms with Crippen LogP contribution in [-0.4, -0.2) is 47.0 Å². The van der Waals surface area contributed by atoms with Crippen molar-refractivity contribution in [3.05, 3.63) is 52.9 Å². The lowest BCUT2D eigenvalue weighted by Gasteiger charge is -2.49. The number of aromatic nitrogens is 1. The Kier molecular flexibility index (Phi) is 4.08. The molecule has 0 N–H and O–H groups in total. The maximum absolute atomic E-state index is 12.8. The minimum Gasteiger partial charge on any atom is -0.361 e. The number of likely N-dealkylation sites (tertiary alicyclic amines) is 1. The Morgan fingerprint density at radius 3 is 2.74 bits per heavy atom. The zero-order valence-corrected chi connectivity index (χ0v) is 16.0. The maximum atomic E-state index is 12.8. The second kappa shape index (κ2) is 6.48. The summed E-state index contributed by atoms with van der Waals surface area (Å²) in [6.45, 7) is 6.85. The van der Waals surface area contributed by atoms with Gasteiger partial charge in [0.1, 0.15) is 11.3 Å². The van der Waals surface area contributed by atoms with Gasteiger partial charge in [0, 0.05) is 38.1 Å². The van der Waals surface area contributed by atoms with E-state index < -0.39 is 0 Å². The van der Waals surface area contributed by atoms with E-state index >= 15 is 0 Å². The van der Waals surface area contributed by atoms with Gasteiger partial charge in [-0.2, -0.15) is 0 Å². The van der Waals surface area contributed by atoms with Crippen molar-refractivity contribution < 1.29 is 9.32 Å². The standard InChI is InChI=1S/C22H27N3O2/c1-16-19(12-23-27-16)21(26)25-10-8-22(9-11-25)15-24(13-17-6-7-17)14-18-4-2-3-5-20(18)22/h2-5,12,17H,6-11,13-15H2,1H3. The van der Waals surface area contributed by atoms with Crippen molar-refractivity contribution in [3.8, 4) is 0 Å². The Balaban J connectivity index is 1.36. The second-order valence-electron chi connectivity index (χ2n) is 8.64. The number of amides is 1. The molecule has 3 aliphatic rings. The van der Waals surface area contributed by atoms with E-state index in [2.05, 4.69) is 34.3 Å². The Labute approximate surface area is 160 Å². The van der Waals surface area contributed by atoms with Gasteiger partial charge >= 0.3 is 0 Å². The molecule has 5 rings (SSSR count). The third-order valence-corrected chi connectivity index (χ3v) is 6.71. The molecule has 1 spiro atoms. The summed E-state index contributed by atoms with van der Waals surface area (Å²) in [5.41, 5.74) is 3.79. The Morgan fingerprint density at radius 1 is 1.26 bits per heavy atom. The quantitative estimate of drug-likeness (QED) is 0.837. The molecule has 27 heavy (non-hydrogen) atoms. The highest BCUT2D eigenvalue weighted by molar-refractivity contribution is 5.94. The first-order chi connectivity index (χ1) is 13.1. The highest BCUT2D eigenvalue weighted by Gasteiger charge is 2.43. The molecule has 0 bridgehead atoms. The normalized spacial score (nSPS) is 22.0. The fraction of sp³-hybridized carbons (Fsp3) is 0.545. The van der Waals surface area contributed by atoms with E-state index in [9.17, 15) is 4.79 Å². The topological polar surface area (TPSA) is 49.6 Å². The molecule has 2 aromatic rings. The van der Waals surface area contributed by atoms with Gasteiger partial charge in [0.25, 0.3) is 5.91 Å². The monoisotopic (exact) mass is 365 g/mol. The summed E-state index contributed by atoms with van der Waals surface area (Å²) in [5.74, 6) is 1.58. The molecule has 0 atom stereocenters. The van der Waals surface area contributed by atoms with E-state index in [1.807, 2.05) is 4.90 Å². The largest absolute Gasteiger partial charge is 0.361 e. The lowest BCUT2D eigenvalue weighted by Crippen LogP contribution is -2.53. The van der Waals surface area contributed by atoms with Gasteiger partial charge in [-0.05, 0) is 49.7 Å². The van der Waals surface area contributed by atoms with Crippen molar-refractivity contribution in [3.63, 3.8) is 0 Å². The van der Waals surface area contributed by atoms with Gasteiger partial charge in [-0.1, -0.05) is 29.4 Å². The van der Waals surface area contributed by atoms with Gasteiger partial charge in [-0.15, -0.1) is 0 Å². The molecule has 142 valence electrons. The summed E-state index contributed by atoms with van der Waals surface area (Å²) in [6, 6.07) is 8.97. The summed E-state index contributed by atoms with van der Waals surface area (Å²) >= 11 is 0. The first-order valence-electron chi connectivity index (χ1n) is 10.2. The fourth-order valence-corrected chi connectivity index (χ4v) is 5.02. The summed E-state index contributed by atoms with van der Waals surface area (Å²) in [4.78, 5) is 17.5. The molecule has 1 aromatic carbocycles. The van der Waals surface area contributed by atoms with Gasteiger partial charge in [0.2, 0.25) is 0 Å². The van der Waals surface area contributed by atoms with E-state index in [4.69, 9.17) is 4.52 Å². The van der Waals surface area contributed by atoms with Gasteiger partial charge in [-0.3, -0.25) is 9.69 Å². The molecular formula is C22H27N3O2. The van der Waals surface area contributed by atoms with E-state index in [0.717, 1.165) is 44.9 Å². The molecular weight excluding hydrogens is 338 g/mol. The van der Waals surface area contributed by atoms with Crippen LogP contribution < -0.4 is 0 Å². The molecule has 1 aliphatic carbocycles. The molecule has 3 heterocycles. The van der Waals surface area contributed by atoms with Gasteiger partial charge in [0.05, 0.1) is 6.20 Å². The minimum absolute atomic E-state index is 0.0579. The molecule has 1 saturated carbocycles. The van der Waals surface area contributed by atoms with E-state index in [0.29, 0.717) is 11.3 Å². The predicted molar refractivity (Wildman–Crippen MR) is 102 cm³/mol. The molecule has 2 aliphatic heterocycles. The summed E-state index contributed by atoms with van der Waals surface area (Å²) in [7, 11) is 0. The molecule has 0 radical (unpaired) electrons. The van der Waals surface area contributed by atoms with Crippen LogP contribution >= 0.6 is 0 Å². The molecule has 1 aromatic heterocycles. The number of hydrogen-bond donors (Lipinski definition) is 0. The highest BCUT2D eigenvalue weighted by Crippen LogP contribution is 2.43. The van der Waals surface area contributed by atoms with Crippen molar-refractivity contribution in [1.82, 2.24) is 15.0 Å². The summed E-state index contributed by atoms with van der Waals surface area (Å²) in [6.07, 6.45) is 6.40. The van der Waals surface area contributed by atoms with Crippen molar-refractivity contribution in [2.75, 3.05) is 26.2 Å². The van der Waals surface area contributed by atoms with Crippen LogP contribution in [0.15, 0.2) is 35.0 Å². The van der Waals surface area contributed by atoms with Crippen LogP contribution in [0.1, 0.15) is 52.9 Å². The lowest BCUT2D eigenvalue weighted by atomic mass is 9.68. The van der Waals surface area contributed by atoms with E-state index in [1.165, 1.54) is 30.5 Å². The van der Waals surface area contributed by atoms with Gasteiger partial charge in [0.15, 0.2) is 0 Å². The average Bonchev–Trinajstić information content (AvgIpc) is 3.39. The number of carbonyl (C=O) groups is 1. The van der Waals surface area contributed by atoms with Crippen LogP contribution in [0.5, 0.6) is 0 Å². The minimum atomic E-state index is 0.0579. The van der Waals surface area contributed by atoms with Crippen molar-refractivity contribution in [1.29, 1.82) is 0 Å². The van der Waals surface area contributed by atoms with Crippen LogP contribution in [0.3, 0.4) is 0 Å². The van der Waals surface area contributed by atoms with Crippen LogP contribution in [0.4, 0.5) is 0 Å². The van der Waals surface area contributed by atoms with Crippen LogP contribution in [-0.2, 0) is 12.0 Å². The molecule has 5 heteroatoms. The maximum Gasteiger partial charge on any atom is 0.259 e. The lowest BCUT2D eigenvalue weighted by molar-refractivity contribution is 0.0588.